The van der Waals surface area contributed by atoms with Gasteiger partial charge in [-0.15, -0.1) is 0 Å². The average molecular weight is 339 g/mol. The SMILES string of the molecule is CC(C)C(=O)N1CCCN(C(=O)N[C@@H]2CCO[C@H](C(C)C)C2)CC1. The molecule has 2 saturated heterocycles. The first-order valence-electron chi connectivity index (χ1n) is 9.34. The fourth-order valence-electron chi connectivity index (χ4n) is 3.40. The Kier molecular flexibility index (Phi) is 6.90. The van der Waals surface area contributed by atoms with Crippen LogP contribution < -0.4 is 5.32 Å². The van der Waals surface area contributed by atoms with Crippen molar-refractivity contribution >= 4 is 11.9 Å². The van der Waals surface area contributed by atoms with Crippen molar-refractivity contribution in [2.24, 2.45) is 11.8 Å². The van der Waals surface area contributed by atoms with Gasteiger partial charge >= 0.3 is 6.03 Å². The van der Waals surface area contributed by atoms with Crippen molar-refractivity contribution in [3.8, 4) is 0 Å². The number of ether oxygens (including phenoxy) is 1. The van der Waals surface area contributed by atoms with Crippen LogP contribution in [-0.4, -0.2) is 66.7 Å². The van der Waals surface area contributed by atoms with E-state index in [2.05, 4.69) is 19.2 Å². The summed E-state index contributed by atoms with van der Waals surface area (Å²) in [5.74, 6) is 0.667. The zero-order valence-electron chi connectivity index (χ0n) is 15.6. The largest absolute Gasteiger partial charge is 0.378 e. The Hall–Kier alpha value is -1.30. The minimum absolute atomic E-state index is 0.00301. The van der Waals surface area contributed by atoms with E-state index in [1.807, 2.05) is 23.6 Å². The van der Waals surface area contributed by atoms with Crippen molar-refractivity contribution in [1.82, 2.24) is 15.1 Å². The van der Waals surface area contributed by atoms with E-state index in [1.54, 1.807) is 0 Å². The summed E-state index contributed by atoms with van der Waals surface area (Å²) in [6.45, 7) is 11.6. The Balaban J connectivity index is 1.83. The van der Waals surface area contributed by atoms with Gasteiger partial charge in [0.25, 0.3) is 0 Å². The van der Waals surface area contributed by atoms with Crippen LogP contribution in [0.2, 0.25) is 0 Å². The predicted molar refractivity (Wildman–Crippen MR) is 93.7 cm³/mol. The van der Waals surface area contributed by atoms with Crippen LogP contribution in [0.5, 0.6) is 0 Å². The lowest BCUT2D eigenvalue weighted by Gasteiger charge is -2.33. The first-order valence-corrected chi connectivity index (χ1v) is 9.34. The lowest BCUT2D eigenvalue weighted by molar-refractivity contribution is -0.134. The van der Waals surface area contributed by atoms with Gasteiger partial charge in [0.05, 0.1) is 6.10 Å². The minimum Gasteiger partial charge on any atom is -0.378 e. The molecule has 0 aromatic rings. The molecule has 3 amide bonds. The summed E-state index contributed by atoms with van der Waals surface area (Å²) in [5.41, 5.74) is 0. The number of hydrogen-bond acceptors (Lipinski definition) is 3. The van der Waals surface area contributed by atoms with Crippen LogP contribution in [0.4, 0.5) is 4.79 Å². The lowest BCUT2D eigenvalue weighted by Crippen LogP contribution is -2.49. The van der Waals surface area contributed by atoms with Gasteiger partial charge in [0.2, 0.25) is 5.91 Å². The van der Waals surface area contributed by atoms with Crippen LogP contribution in [0, 0.1) is 11.8 Å². The van der Waals surface area contributed by atoms with Gasteiger partial charge in [0.1, 0.15) is 0 Å². The Labute approximate surface area is 145 Å². The molecule has 6 heteroatoms. The van der Waals surface area contributed by atoms with E-state index in [0.29, 0.717) is 32.2 Å². The van der Waals surface area contributed by atoms with Gasteiger partial charge in [-0.1, -0.05) is 27.7 Å². The van der Waals surface area contributed by atoms with Crippen molar-refractivity contribution in [2.45, 2.75) is 59.1 Å². The molecule has 0 bridgehead atoms. The van der Waals surface area contributed by atoms with Crippen LogP contribution in [-0.2, 0) is 9.53 Å². The smallest absolute Gasteiger partial charge is 0.317 e. The number of carbonyl (C=O) groups excluding carboxylic acids is 2. The summed E-state index contributed by atoms with van der Waals surface area (Å²) >= 11 is 0. The van der Waals surface area contributed by atoms with E-state index < -0.39 is 0 Å². The first-order chi connectivity index (χ1) is 11.4. The highest BCUT2D eigenvalue weighted by molar-refractivity contribution is 5.78. The molecule has 6 nitrogen and oxygen atoms in total. The summed E-state index contributed by atoms with van der Waals surface area (Å²) < 4.78 is 5.77. The van der Waals surface area contributed by atoms with E-state index in [9.17, 15) is 9.59 Å². The maximum Gasteiger partial charge on any atom is 0.317 e. The first kappa shape index (κ1) is 19.0. The van der Waals surface area contributed by atoms with Crippen LogP contribution in [0.15, 0.2) is 0 Å². The molecule has 0 unspecified atom stereocenters. The van der Waals surface area contributed by atoms with Gasteiger partial charge in [0.15, 0.2) is 0 Å². The number of nitrogens with one attached hydrogen (secondary N) is 1. The third-order valence-corrected chi connectivity index (χ3v) is 4.97. The Morgan fingerprint density at radius 3 is 2.38 bits per heavy atom. The van der Waals surface area contributed by atoms with Gasteiger partial charge < -0.3 is 19.9 Å². The van der Waals surface area contributed by atoms with Gasteiger partial charge in [-0.2, -0.15) is 0 Å². The monoisotopic (exact) mass is 339 g/mol. The molecule has 0 spiro atoms. The van der Waals surface area contributed by atoms with E-state index in [0.717, 1.165) is 25.8 Å². The Morgan fingerprint density at radius 2 is 1.71 bits per heavy atom. The molecule has 2 aliphatic heterocycles. The van der Waals surface area contributed by atoms with E-state index >= 15 is 0 Å². The molecule has 0 aromatic carbocycles. The molecule has 2 rings (SSSR count). The fraction of sp³-hybridized carbons (Fsp3) is 0.889. The molecule has 138 valence electrons. The maximum atomic E-state index is 12.6. The fourth-order valence-corrected chi connectivity index (χ4v) is 3.40. The zero-order chi connectivity index (χ0) is 17.7. The average Bonchev–Trinajstić information content (AvgIpc) is 2.80. The highest BCUT2D eigenvalue weighted by Crippen LogP contribution is 2.20. The third-order valence-electron chi connectivity index (χ3n) is 4.97. The zero-order valence-corrected chi connectivity index (χ0v) is 15.6. The quantitative estimate of drug-likeness (QED) is 0.856. The molecule has 0 radical (unpaired) electrons. The number of nitrogens with zero attached hydrogens (tertiary/aromatic N) is 2. The lowest BCUT2D eigenvalue weighted by atomic mass is 9.95. The van der Waals surface area contributed by atoms with Crippen molar-refractivity contribution in [1.29, 1.82) is 0 Å². The summed E-state index contributed by atoms with van der Waals surface area (Å²) in [7, 11) is 0. The second kappa shape index (κ2) is 8.70. The van der Waals surface area contributed by atoms with Crippen molar-refractivity contribution in [3.05, 3.63) is 0 Å². The van der Waals surface area contributed by atoms with Crippen LogP contribution in [0.1, 0.15) is 47.0 Å². The predicted octanol–water partition coefficient (Wildman–Crippen LogP) is 2.09. The van der Waals surface area contributed by atoms with E-state index in [1.165, 1.54) is 0 Å². The molecule has 2 aliphatic rings. The second-order valence-corrected chi connectivity index (χ2v) is 7.64. The van der Waals surface area contributed by atoms with Gasteiger partial charge in [-0.25, -0.2) is 4.79 Å². The number of amides is 3. The Morgan fingerprint density at radius 1 is 1.04 bits per heavy atom. The van der Waals surface area contributed by atoms with Crippen LogP contribution >= 0.6 is 0 Å². The second-order valence-electron chi connectivity index (χ2n) is 7.64. The molecular formula is C18H33N3O3. The summed E-state index contributed by atoms with van der Waals surface area (Å²) in [6, 6.07) is 0.193. The standard InChI is InChI=1S/C18H33N3O3/c1-13(2)16-12-15(6-11-24-16)19-18(23)21-8-5-7-20(9-10-21)17(22)14(3)4/h13-16H,5-12H2,1-4H3,(H,19,23)/t15-,16+/m1/s1. The molecule has 2 atom stereocenters. The normalized spacial score (nSPS) is 25.8. The third kappa shape index (κ3) is 5.10. The van der Waals surface area contributed by atoms with Crippen LogP contribution in [0.25, 0.3) is 0 Å². The molecule has 0 aliphatic carbocycles. The van der Waals surface area contributed by atoms with Crippen molar-refractivity contribution < 1.29 is 14.3 Å². The molecule has 1 N–H and O–H groups in total. The van der Waals surface area contributed by atoms with Gasteiger partial charge in [0, 0.05) is 44.7 Å². The number of rotatable bonds is 3. The maximum absolute atomic E-state index is 12.6. The number of hydrogen-bond donors (Lipinski definition) is 1. The van der Waals surface area contributed by atoms with E-state index in [-0.39, 0.29) is 30.0 Å². The topological polar surface area (TPSA) is 61.9 Å². The highest BCUT2D eigenvalue weighted by atomic mass is 16.5. The Bertz CT molecular complexity index is 439. The molecule has 2 fully saturated rings. The van der Waals surface area contributed by atoms with E-state index in [4.69, 9.17) is 4.74 Å². The number of urea groups is 1. The summed E-state index contributed by atoms with van der Waals surface area (Å²) in [4.78, 5) is 28.5. The number of carbonyl (C=O) groups is 2. The van der Waals surface area contributed by atoms with Crippen molar-refractivity contribution in [3.63, 3.8) is 0 Å². The molecule has 0 aromatic heterocycles. The molecular weight excluding hydrogens is 306 g/mol. The van der Waals surface area contributed by atoms with Crippen molar-refractivity contribution in [2.75, 3.05) is 32.8 Å². The summed E-state index contributed by atoms with van der Waals surface area (Å²) in [5, 5.41) is 3.17. The summed E-state index contributed by atoms with van der Waals surface area (Å²) in [6.07, 6.45) is 2.83. The minimum atomic E-state index is 0.00301. The van der Waals surface area contributed by atoms with Gasteiger partial charge in [-0.05, 0) is 25.2 Å². The van der Waals surface area contributed by atoms with Crippen LogP contribution in [0.3, 0.4) is 0 Å². The molecule has 0 saturated carbocycles. The van der Waals surface area contributed by atoms with Gasteiger partial charge in [-0.3, -0.25) is 4.79 Å². The molecule has 24 heavy (non-hydrogen) atoms. The molecule has 2 heterocycles. The highest BCUT2D eigenvalue weighted by Gasteiger charge is 2.28.